The second kappa shape index (κ2) is 6.06. The minimum atomic E-state index is -5.85. The van der Waals surface area contributed by atoms with E-state index in [1.165, 1.54) is 0 Å². The molecule has 0 saturated heterocycles. The molecule has 17 heavy (non-hydrogen) atoms. The third kappa shape index (κ3) is 3.86. The molecule has 0 heterocycles. The van der Waals surface area contributed by atoms with Crippen LogP contribution in [0.25, 0.3) is 0 Å². The molecule has 0 saturated carbocycles. The van der Waals surface area contributed by atoms with Crippen molar-refractivity contribution in [2.24, 2.45) is 0 Å². The summed E-state index contributed by atoms with van der Waals surface area (Å²) in [5.74, 6) is 0. The van der Waals surface area contributed by atoms with E-state index in [-0.39, 0.29) is 12.8 Å². The van der Waals surface area contributed by atoms with Crippen molar-refractivity contribution in [3.05, 3.63) is 0 Å². The molecule has 0 unspecified atom stereocenters. The molecule has 0 aromatic rings. The third-order valence-electron chi connectivity index (χ3n) is 2.74. The zero-order valence-corrected chi connectivity index (χ0v) is 10.9. The first kappa shape index (κ1) is 16.7. The lowest BCUT2D eigenvalue weighted by Crippen LogP contribution is -2.53. The summed E-state index contributed by atoms with van der Waals surface area (Å²) in [4.78, 5) is 0. The predicted molar refractivity (Wildman–Crippen MR) is 58.6 cm³/mol. The Kier molecular flexibility index (Phi) is 5.96. The van der Waals surface area contributed by atoms with E-state index in [9.17, 15) is 26.9 Å². The highest BCUT2D eigenvalue weighted by molar-refractivity contribution is 7.86. The summed E-state index contributed by atoms with van der Waals surface area (Å²) in [6.45, 7) is 3.45. The van der Waals surface area contributed by atoms with Crippen molar-refractivity contribution in [1.82, 2.24) is 0 Å². The van der Waals surface area contributed by atoms with Crippen molar-refractivity contribution in [1.29, 1.82) is 0 Å². The molecule has 0 bridgehead atoms. The molecule has 104 valence electrons. The molecule has 0 rings (SSSR count). The number of hydrogen-bond acceptors (Lipinski definition) is 4. The maximum absolute atomic E-state index is 13.5. The van der Waals surface area contributed by atoms with Crippen molar-refractivity contribution < 1.29 is 26.9 Å². The van der Waals surface area contributed by atoms with Crippen LogP contribution in [0.2, 0.25) is 0 Å². The highest BCUT2D eigenvalue weighted by Gasteiger charge is 2.56. The third-order valence-corrected chi connectivity index (χ3v) is 3.75. The molecule has 0 spiro atoms. The van der Waals surface area contributed by atoms with Crippen LogP contribution in [0.15, 0.2) is 0 Å². The lowest BCUT2D eigenvalue weighted by molar-refractivity contribution is -0.140. The van der Waals surface area contributed by atoms with Gasteiger partial charge in [0.05, 0.1) is 0 Å². The summed E-state index contributed by atoms with van der Waals surface area (Å²) in [5.41, 5.74) is -2.75. The largest absolute Gasteiger partial charge is 0.743 e. The summed E-state index contributed by atoms with van der Waals surface area (Å²) in [6, 6.07) is 0. The molecule has 7 heteroatoms. The summed E-state index contributed by atoms with van der Waals surface area (Å²) < 4.78 is 58.6. The van der Waals surface area contributed by atoms with E-state index in [0.717, 1.165) is 0 Å². The molecule has 0 radical (unpaired) electrons. The van der Waals surface area contributed by atoms with Gasteiger partial charge in [-0.15, -0.1) is 0 Å². The van der Waals surface area contributed by atoms with E-state index in [4.69, 9.17) is 0 Å². The first-order valence-electron chi connectivity index (χ1n) is 5.68. The molecular formula is C10H19F2O4S-. The molecule has 1 N–H and O–H groups in total. The van der Waals surface area contributed by atoms with Crippen LogP contribution in [0.4, 0.5) is 8.78 Å². The lowest BCUT2D eigenvalue weighted by atomic mass is 9.91. The first-order valence-corrected chi connectivity index (χ1v) is 7.09. The minimum absolute atomic E-state index is 0.241. The van der Waals surface area contributed by atoms with Crippen LogP contribution in [-0.4, -0.2) is 28.9 Å². The predicted octanol–water partition coefficient (Wildman–Crippen LogP) is 2.24. The molecule has 0 fully saturated rings. The summed E-state index contributed by atoms with van der Waals surface area (Å²) in [7, 11) is -5.85. The molecule has 0 aliphatic carbocycles. The van der Waals surface area contributed by atoms with Gasteiger partial charge < -0.3 is 9.66 Å². The number of alkyl halides is 2. The molecule has 4 nitrogen and oxygen atoms in total. The van der Waals surface area contributed by atoms with Gasteiger partial charge in [-0.1, -0.05) is 39.5 Å². The molecule has 0 amide bonds. The topological polar surface area (TPSA) is 77.4 Å². The van der Waals surface area contributed by atoms with Gasteiger partial charge in [-0.05, 0) is 12.8 Å². The minimum Gasteiger partial charge on any atom is -0.743 e. The number of hydrogen-bond donors (Lipinski definition) is 1. The Labute approximate surface area is 101 Å². The Morgan fingerprint density at radius 3 is 1.71 bits per heavy atom. The van der Waals surface area contributed by atoms with Gasteiger partial charge in [-0.25, -0.2) is 8.42 Å². The molecule has 0 atom stereocenters. The van der Waals surface area contributed by atoms with Crippen molar-refractivity contribution in [3.8, 4) is 0 Å². The second-order valence-electron chi connectivity index (χ2n) is 4.21. The molecule has 0 aliphatic heterocycles. The lowest BCUT2D eigenvalue weighted by Gasteiger charge is -2.37. The number of unbranched alkanes of at least 4 members (excludes halogenated alkanes) is 2. The Morgan fingerprint density at radius 1 is 1.12 bits per heavy atom. The Bertz CT molecular complexity index is 319. The van der Waals surface area contributed by atoms with E-state index in [1.54, 1.807) is 13.8 Å². The average molecular weight is 273 g/mol. The van der Waals surface area contributed by atoms with Crippen LogP contribution >= 0.6 is 0 Å². The maximum Gasteiger partial charge on any atom is 0.362 e. The Balaban J connectivity index is 5.15. The normalized spacial score (nSPS) is 14.0. The molecule has 0 aromatic heterocycles. The molecule has 0 aliphatic rings. The Hall–Kier alpha value is -0.270. The zero-order valence-electron chi connectivity index (χ0n) is 10.1. The summed E-state index contributed by atoms with van der Waals surface area (Å²) in [6.07, 6.45) is 0.763. The van der Waals surface area contributed by atoms with Crippen molar-refractivity contribution in [3.63, 3.8) is 0 Å². The zero-order chi connectivity index (χ0) is 13.7. The summed E-state index contributed by atoms with van der Waals surface area (Å²) >= 11 is 0. The van der Waals surface area contributed by atoms with E-state index >= 15 is 0 Å². The average Bonchev–Trinajstić information content (AvgIpc) is 2.21. The van der Waals surface area contributed by atoms with Crippen molar-refractivity contribution in [2.45, 2.75) is 63.2 Å². The highest BCUT2D eigenvalue weighted by atomic mass is 32.2. The van der Waals surface area contributed by atoms with E-state index in [2.05, 4.69) is 0 Å². The van der Waals surface area contributed by atoms with Crippen molar-refractivity contribution in [2.75, 3.05) is 0 Å². The molecule has 0 aromatic carbocycles. The van der Waals surface area contributed by atoms with Gasteiger partial charge in [-0.2, -0.15) is 8.78 Å². The first-order chi connectivity index (χ1) is 7.62. The highest BCUT2D eigenvalue weighted by Crippen LogP contribution is 2.40. The van der Waals surface area contributed by atoms with Crippen molar-refractivity contribution >= 4 is 10.1 Å². The van der Waals surface area contributed by atoms with Crippen LogP contribution in [0.3, 0.4) is 0 Å². The standard InChI is InChI=1S/C10H20F2O4S/c1-3-5-7-9(13,8-6-4-2)10(11,12)17(14,15)16/h13H,3-8H2,1-2H3,(H,14,15,16)/p-1. The van der Waals surface area contributed by atoms with Crippen LogP contribution in [0.1, 0.15) is 52.4 Å². The van der Waals surface area contributed by atoms with Gasteiger partial charge >= 0.3 is 5.25 Å². The Morgan fingerprint density at radius 2 is 1.47 bits per heavy atom. The number of rotatable bonds is 8. The quantitative estimate of drug-likeness (QED) is 0.688. The van der Waals surface area contributed by atoms with E-state index in [0.29, 0.717) is 12.8 Å². The van der Waals surface area contributed by atoms with Crippen LogP contribution < -0.4 is 0 Å². The van der Waals surface area contributed by atoms with Gasteiger partial charge in [0.2, 0.25) is 0 Å². The van der Waals surface area contributed by atoms with Crippen LogP contribution in [0, 0.1) is 0 Å². The van der Waals surface area contributed by atoms with Gasteiger partial charge in [-0.3, -0.25) is 0 Å². The fourth-order valence-corrected chi connectivity index (χ4v) is 2.26. The van der Waals surface area contributed by atoms with Gasteiger partial charge in [0.1, 0.15) is 5.60 Å². The molecular weight excluding hydrogens is 254 g/mol. The fourth-order valence-electron chi connectivity index (χ4n) is 1.59. The van der Waals surface area contributed by atoms with Crippen LogP contribution in [-0.2, 0) is 10.1 Å². The van der Waals surface area contributed by atoms with Gasteiger partial charge in [0.15, 0.2) is 10.1 Å². The monoisotopic (exact) mass is 273 g/mol. The van der Waals surface area contributed by atoms with Crippen LogP contribution in [0.5, 0.6) is 0 Å². The smallest absolute Gasteiger partial charge is 0.362 e. The maximum atomic E-state index is 13.5. The number of aliphatic hydroxyl groups is 1. The van der Waals surface area contributed by atoms with Gasteiger partial charge in [0, 0.05) is 0 Å². The SMILES string of the molecule is CCCCC(O)(CCCC)C(F)(F)S(=O)(=O)[O-]. The van der Waals surface area contributed by atoms with E-state index in [1.807, 2.05) is 0 Å². The number of halogens is 2. The van der Waals surface area contributed by atoms with E-state index < -0.39 is 33.8 Å². The summed E-state index contributed by atoms with van der Waals surface area (Å²) in [5, 5.41) is 5.17. The fraction of sp³-hybridized carbons (Fsp3) is 1.00. The van der Waals surface area contributed by atoms with Gasteiger partial charge in [0.25, 0.3) is 0 Å². The second-order valence-corrected chi connectivity index (χ2v) is 5.63.